The van der Waals surface area contributed by atoms with Gasteiger partial charge in [-0.05, 0) is 18.2 Å². The summed E-state index contributed by atoms with van der Waals surface area (Å²) in [6, 6.07) is 0. The van der Waals surface area contributed by atoms with Gasteiger partial charge in [0.05, 0.1) is 6.61 Å². The molecule has 5 N–H and O–H groups in total. The van der Waals surface area contributed by atoms with Gasteiger partial charge in [-0.1, -0.05) is 77.6 Å². The molecule has 0 aromatic carbocycles. The first kappa shape index (κ1) is 26.7. The summed E-state index contributed by atoms with van der Waals surface area (Å²) in [6.45, 7) is 2.30. The van der Waals surface area contributed by atoms with Gasteiger partial charge in [0, 0.05) is 6.54 Å². The zero-order chi connectivity index (χ0) is 21.5. The van der Waals surface area contributed by atoms with E-state index in [2.05, 4.69) is 12.2 Å². The lowest BCUT2D eigenvalue weighted by Gasteiger charge is -2.39. The van der Waals surface area contributed by atoms with Crippen LogP contribution in [-0.2, 0) is 4.74 Å². The summed E-state index contributed by atoms with van der Waals surface area (Å²) in [4.78, 5) is 12.0. The number of nitrogens with one attached hydrogen (secondary N) is 1. The van der Waals surface area contributed by atoms with Crippen molar-refractivity contribution in [2.75, 3.05) is 13.2 Å². The summed E-state index contributed by atoms with van der Waals surface area (Å²) >= 11 is 0.733. The number of rotatable bonds is 15. The summed E-state index contributed by atoms with van der Waals surface area (Å²) < 4.78 is 5.31. The fourth-order valence-corrected chi connectivity index (χ4v) is 4.36. The molecule has 0 bridgehead atoms. The van der Waals surface area contributed by atoms with Crippen LogP contribution in [0, 0.1) is 0 Å². The molecule has 7 nitrogen and oxygen atoms in total. The van der Waals surface area contributed by atoms with Crippen molar-refractivity contribution in [1.29, 1.82) is 0 Å². The monoisotopic (exact) mass is 435 g/mol. The fourth-order valence-electron chi connectivity index (χ4n) is 3.47. The molecule has 1 aliphatic heterocycles. The lowest BCUT2D eigenvalue weighted by Crippen LogP contribution is -2.57. The topological polar surface area (TPSA) is 119 Å². The number of aliphatic hydroxyl groups excluding tert-OH is 4. The Kier molecular flexibility index (Phi) is 15.0. The van der Waals surface area contributed by atoms with Gasteiger partial charge in [0.1, 0.15) is 29.9 Å². The molecule has 0 radical (unpaired) electrons. The number of ether oxygens (including phenoxy) is 1. The lowest BCUT2D eigenvalue weighted by molar-refractivity contribution is -0.205. The molecule has 1 rings (SSSR count). The Hall–Kier alpha value is -0.380. The van der Waals surface area contributed by atoms with Crippen LogP contribution in [0.15, 0.2) is 0 Å². The van der Waals surface area contributed by atoms with Crippen molar-refractivity contribution in [3.63, 3.8) is 0 Å². The fraction of sp³-hybridized carbons (Fsp3) is 0.952. The SMILES string of the molecule is CCCCCCCCCCCCCCNC(=O)SC1O[C@H](CO)[C@@H](O)[C@H](O)[C@H]1O. The third-order valence-electron chi connectivity index (χ3n) is 5.37. The van der Waals surface area contributed by atoms with Crippen LogP contribution in [0.1, 0.15) is 84.0 Å². The van der Waals surface area contributed by atoms with Crippen molar-refractivity contribution in [2.24, 2.45) is 0 Å². The molecule has 1 heterocycles. The Bertz CT molecular complexity index is 426. The first-order valence-electron chi connectivity index (χ1n) is 11.3. The zero-order valence-electron chi connectivity index (χ0n) is 17.8. The largest absolute Gasteiger partial charge is 0.394 e. The maximum absolute atomic E-state index is 12.0. The molecule has 1 fully saturated rings. The Morgan fingerprint density at radius 1 is 0.828 bits per heavy atom. The van der Waals surface area contributed by atoms with Crippen LogP contribution < -0.4 is 5.32 Å². The van der Waals surface area contributed by atoms with Crippen molar-refractivity contribution in [3.8, 4) is 0 Å². The van der Waals surface area contributed by atoms with E-state index in [1.807, 2.05) is 0 Å². The van der Waals surface area contributed by atoms with E-state index in [-0.39, 0.29) is 5.24 Å². The number of amides is 1. The predicted molar refractivity (Wildman–Crippen MR) is 116 cm³/mol. The molecule has 5 atom stereocenters. The van der Waals surface area contributed by atoms with Gasteiger partial charge in [0.25, 0.3) is 5.24 Å². The smallest absolute Gasteiger partial charge is 0.281 e. The highest BCUT2D eigenvalue weighted by Gasteiger charge is 2.44. The van der Waals surface area contributed by atoms with E-state index in [9.17, 15) is 20.1 Å². The normalized spacial score (nSPS) is 27.1. The molecular formula is C21H41NO6S. The van der Waals surface area contributed by atoms with E-state index in [0.29, 0.717) is 6.54 Å². The number of hydrogen-bond donors (Lipinski definition) is 5. The van der Waals surface area contributed by atoms with Crippen LogP contribution in [-0.4, -0.2) is 68.7 Å². The molecule has 1 amide bonds. The molecular weight excluding hydrogens is 394 g/mol. The van der Waals surface area contributed by atoms with Crippen LogP contribution >= 0.6 is 11.8 Å². The quantitative estimate of drug-likeness (QED) is 0.251. The summed E-state index contributed by atoms with van der Waals surface area (Å²) in [5.74, 6) is 0. The highest BCUT2D eigenvalue weighted by Crippen LogP contribution is 2.28. The second-order valence-electron chi connectivity index (χ2n) is 7.92. The highest BCUT2D eigenvalue weighted by atomic mass is 32.2. The van der Waals surface area contributed by atoms with Crippen molar-refractivity contribution < 1.29 is 30.0 Å². The second-order valence-corrected chi connectivity index (χ2v) is 8.99. The van der Waals surface area contributed by atoms with Gasteiger partial charge in [-0.15, -0.1) is 0 Å². The van der Waals surface area contributed by atoms with E-state index in [1.54, 1.807) is 0 Å². The summed E-state index contributed by atoms with van der Waals surface area (Å²) in [5.41, 5.74) is -1.02. The predicted octanol–water partition coefficient (Wildman–Crippen LogP) is 2.93. The number of hydrogen-bond acceptors (Lipinski definition) is 7. The van der Waals surface area contributed by atoms with Gasteiger partial charge in [0.15, 0.2) is 0 Å². The van der Waals surface area contributed by atoms with Gasteiger partial charge in [-0.25, -0.2) is 0 Å². The maximum atomic E-state index is 12.0. The second kappa shape index (κ2) is 16.3. The number of thioether (sulfide) groups is 1. The molecule has 1 aliphatic rings. The summed E-state index contributed by atoms with van der Waals surface area (Å²) in [6.07, 6.45) is 9.84. The molecule has 1 unspecified atom stereocenters. The number of carbonyl (C=O) groups is 1. The molecule has 29 heavy (non-hydrogen) atoms. The number of aliphatic hydroxyl groups is 4. The van der Waals surface area contributed by atoms with Gasteiger partial charge in [-0.2, -0.15) is 0 Å². The Labute approximate surface area is 179 Å². The minimum absolute atomic E-state index is 0.350. The van der Waals surface area contributed by atoms with E-state index in [1.165, 1.54) is 64.2 Å². The van der Waals surface area contributed by atoms with Gasteiger partial charge >= 0.3 is 0 Å². The van der Waals surface area contributed by atoms with Crippen LogP contribution in [0.3, 0.4) is 0 Å². The summed E-state index contributed by atoms with van der Waals surface area (Å²) in [7, 11) is 0. The molecule has 0 aromatic rings. The molecule has 0 saturated carbocycles. The van der Waals surface area contributed by atoms with E-state index in [0.717, 1.165) is 24.6 Å². The molecule has 0 aromatic heterocycles. The molecule has 172 valence electrons. The lowest BCUT2D eigenvalue weighted by atomic mass is 10.0. The van der Waals surface area contributed by atoms with Crippen molar-refractivity contribution >= 4 is 17.0 Å². The maximum Gasteiger partial charge on any atom is 0.281 e. The number of unbranched alkanes of at least 4 members (excludes halogenated alkanes) is 11. The third kappa shape index (κ3) is 11.0. The molecule has 0 spiro atoms. The van der Waals surface area contributed by atoms with Crippen LogP contribution in [0.5, 0.6) is 0 Å². The Morgan fingerprint density at radius 3 is 1.86 bits per heavy atom. The standard InChI is InChI=1S/C21H41NO6S/c1-2-3-4-5-6-7-8-9-10-11-12-13-14-22-21(27)29-20-19(26)18(25)17(24)16(15-23)28-20/h16-20,23-26H,2-15H2,1H3,(H,22,27)/t16-,17-,18+,19-,20?/m1/s1. The average molecular weight is 436 g/mol. The first-order valence-corrected chi connectivity index (χ1v) is 12.1. The minimum atomic E-state index is -1.46. The van der Waals surface area contributed by atoms with Crippen LogP contribution in [0.4, 0.5) is 4.79 Å². The van der Waals surface area contributed by atoms with Crippen LogP contribution in [0.2, 0.25) is 0 Å². The van der Waals surface area contributed by atoms with E-state index < -0.39 is 36.5 Å². The van der Waals surface area contributed by atoms with Crippen molar-refractivity contribution in [2.45, 2.75) is 114 Å². The van der Waals surface area contributed by atoms with E-state index >= 15 is 0 Å². The molecule has 0 aliphatic carbocycles. The highest BCUT2D eigenvalue weighted by molar-refractivity contribution is 8.14. The average Bonchev–Trinajstić information content (AvgIpc) is 2.71. The van der Waals surface area contributed by atoms with Gasteiger partial charge in [0.2, 0.25) is 0 Å². The molecule has 1 saturated heterocycles. The zero-order valence-corrected chi connectivity index (χ0v) is 18.6. The first-order chi connectivity index (χ1) is 14.0. The van der Waals surface area contributed by atoms with Gasteiger partial charge in [-0.3, -0.25) is 4.79 Å². The van der Waals surface area contributed by atoms with Gasteiger partial charge < -0.3 is 30.5 Å². The molecule has 8 heteroatoms. The minimum Gasteiger partial charge on any atom is -0.394 e. The third-order valence-corrected chi connectivity index (χ3v) is 6.35. The van der Waals surface area contributed by atoms with Crippen molar-refractivity contribution in [3.05, 3.63) is 0 Å². The summed E-state index contributed by atoms with van der Waals surface area (Å²) in [5, 5.41) is 41.0. The van der Waals surface area contributed by atoms with E-state index in [4.69, 9.17) is 9.84 Å². The Morgan fingerprint density at radius 2 is 1.34 bits per heavy atom. The number of carbonyl (C=O) groups excluding carboxylic acids is 1. The van der Waals surface area contributed by atoms with Crippen LogP contribution in [0.25, 0.3) is 0 Å². The van der Waals surface area contributed by atoms with Crippen molar-refractivity contribution in [1.82, 2.24) is 5.32 Å². The Balaban J connectivity index is 2.00.